The monoisotopic (exact) mass is 397 g/mol. The molecule has 0 unspecified atom stereocenters. The van der Waals surface area contributed by atoms with E-state index in [2.05, 4.69) is 15.3 Å². The van der Waals surface area contributed by atoms with Crippen molar-refractivity contribution in [2.24, 2.45) is 0 Å². The number of nitrogens with zero attached hydrogens (tertiary/aromatic N) is 1. The van der Waals surface area contributed by atoms with Gasteiger partial charge in [-0.1, -0.05) is 72.8 Å². The summed E-state index contributed by atoms with van der Waals surface area (Å²) in [6.07, 6.45) is 0. The minimum absolute atomic E-state index is 0.237. The van der Waals surface area contributed by atoms with Crippen LogP contribution in [0.1, 0.15) is 27.3 Å². The predicted molar refractivity (Wildman–Crippen MR) is 118 cm³/mol. The first kappa shape index (κ1) is 19.6. The summed E-state index contributed by atoms with van der Waals surface area (Å²) >= 11 is 0. The average molecular weight is 397 g/mol. The first-order chi connectivity index (χ1) is 14.7. The quantitative estimate of drug-likeness (QED) is 0.441. The maximum atomic E-state index is 12.7. The first-order valence-corrected chi connectivity index (χ1v) is 9.83. The Hall–Kier alpha value is -3.70. The largest absolute Gasteiger partial charge is 0.372 e. The van der Waals surface area contributed by atoms with Crippen LogP contribution in [-0.4, -0.2) is 15.9 Å². The van der Waals surface area contributed by atoms with E-state index in [4.69, 9.17) is 4.74 Å². The van der Waals surface area contributed by atoms with Crippen LogP contribution in [0.15, 0.2) is 84.9 Å². The molecule has 1 heterocycles. The molecule has 1 aromatic heterocycles. The van der Waals surface area contributed by atoms with Crippen molar-refractivity contribution in [2.75, 3.05) is 5.32 Å². The number of rotatable bonds is 7. The minimum atomic E-state index is -0.237. The molecule has 0 saturated carbocycles. The number of anilines is 1. The van der Waals surface area contributed by atoms with E-state index in [1.807, 2.05) is 91.9 Å². The van der Waals surface area contributed by atoms with E-state index in [0.717, 1.165) is 28.1 Å². The number of aromatic amines is 1. The Morgan fingerprint density at radius 2 is 1.47 bits per heavy atom. The number of amides is 1. The third-order valence-corrected chi connectivity index (χ3v) is 4.74. The van der Waals surface area contributed by atoms with Gasteiger partial charge in [0.15, 0.2) is 0 Å². The van der Waals surface area contributed by atoms with Crippen LogP contribution in [0.5, 0.6) is 0 Å². The summed E-state index contributed by atoms with van der Waals surface area (Å²) in [4.78, 5) is 20.3. The zero-order valence-electron chi connectivity index (χ0n) is 16.8. The molecule has 5 nitrogen and oxygen atoms in total. The van der Waals surface area contributed by atoms with Gasteiger partial charge in [0.2, 0.25) is 0 Å². The number of nitrogens with one attached hydrogen (secondary N) is 2. The number of ether oxygens (including phenoxy) is 1. The van der Waals surface area contributed by atoms with Crippen molar-refractivity contribution in [3.63, 3.8) is 0 Å². The zero-order valence-corrected chi connectivity index (χ0v) is 16.8. The fourth-order valence-electron chi connectivity index (χ4n) is 3.15. The molecule has 0 aliphatic rings. The number of hydrogen-bond donors (Lipinski definition) is 2. The molecule has 0 fully saturated rings. The normalized spacial score (nSPS) is 10.7. The summed E-state index contributed by atoms with van der Waals surface area (Å²) in [5.41, 5.74) is 4.98. The molecule has 4 aromatic rings. The summed E-state index contributed by atoms with van der Waals surface area (Å²) in [6.45, 7) is 2.94. The Morgan fingerprint density at radius 3 is 2.13 bits per heavy atom. The van der Waals surface area contributed by atoms with Gasteiger partial charge < -0.3 is 15.0 Å². The topological polar surface area (TPSA) is 67.0 Å². The molecule has 0 aliphatic heterocycles. The van der Waals surface area contributed by atoms with Crippen LogP contribution in [0.25, 0.3) is 11.4 Å². The number of aryl methyl sites for hydroxylation is 1. The van der Waals surface area contributed by atoms with Gasteiger partial charge in [-0.25, -0.2) is 4.98 Å². The highest BCUT2D eigenvalue weighted by molar-refractivity contribution is 6.04. The third-order valence-electron chi connectivity index (χ3n) is 4.74. The maximum Gasteiger partial charge on any atom is 0.276 e. The van der Waals surface area contributed by atoms with Gasteiger partial charge >= 0.3 is 0 Å². The molecule has 0 bridgehead atoms. The number of carbonyl (C=O) groups is 1. The van der Waals surface area contributed by atoms with Crippen LogP contribution in [0.4, 0.5) is 5.69 Å². The summed E-state index contributed by atoms with van der Waals surface area (Å²) < 4.78 is 5.76. The number of aromatic nitrogens is 2. The molecule has 0 aliphatic carbocycles. The smallest absolute Gasteiger partial charge is 0.276 e. The molecule has 150 valence electrons. The van der Waals surface area contributed by atoms with E-state index in [0.29, 0.717) is 24.7 Å². The van der Waals surface area contributed by atoms with Gasteiger partial charge in [-0.05, 0) is 30.2 Å². The molecular formula is C25H23N3O2. The molecule has 0 atom stereocenters. The second-order valence-corrected chi connectivity index (χ2v) is 7.05. The number of imidazole rings is 1. The molecule has 2 N–H and O–H groups in total. The molecule has 0 spiro atoms. The third kappa shape index (κ3) is 4.82. The van der Waals surface area contributed by atoms with Gasteiger partial charge in [0.05, 0.1) is 13.2 Å². The molecule has 30 heavy (non-hydrogen) atoms. The van der Waals surface area contributed by atoms with Crippen LogP contribution in [0.2, 0.25) is 0 Å². The second kappa shape index (κ2) is 9.20. The van der Waals surface area contributed by atoms with E-state index >= 15 is 0 Å². The molecular weight excluding hydrogens is 374 g/mol. The highest BCUT2D eigenvalue weighted by atomic mass is 16.5. The lowest BCUT2D eigenvalue weighted by molar-refractivity contribution is 0.102. The lowest BCUT2D eigenvalue weighted by Crippen LogP contribution is -2.13. The van der Waals surface area contributed by atoms with E-state index < -0.39 is 0 Å². The number of benzene rings is 3. The summed E-state index contributed by atoms with van der Waals surface area (Å²) in [7, 11) is 0. The van der Waals surface area contributed by atoms with Gasteiger partial charge in [0, 0.05) is 16.9 Å². The van der Waals surface area contributed by atoms with Gasteiger partial charge in [-0.3, -0.25) is 4.79 Å². The van der Waals surface area contributed by atoms with Crippen LogP contribution in [0.3, 0.4) is 0 Å². The number of H-pyrrole nitrogens is 1. The standard InChI is InChI=1S/C25H23N3O2/c1-18-23(28-24(26-18)21-10-6-3-7-11-21)25(29)27-22-14-12-20(13-15-22)17-30-16-19-8-4-2-5-9-19/h2-15H,16-17H2,1H3,(H,26,28)(H,27,29). The van der Waals surface area contributed by atoms with Crippen molar-refractivity contribution < 1.29 is 9.53 Å². The minimum Gasteiger partial charge on any atom is -0.372 e. The molecule has 0 radical (unpaired) electrons. The van der Waals surface area contributed by atoms with Crippen molar-refractivity contribution in [3.05, 3.63) is 107 Å². The highest BCUT2D eigenvalue weighted by Gasteiger charge is 2.15. The van der Waals surface area contributed by atoms with Crippen molar-refractivity contribution >= 4 is 11.6 Å². The number of hydrogen-bond acceptors (Lipinski definition) is 3. The Balaban J connectivity index is 1.35. The predicted octanol–water partition coefficient (Wildman–Crippen LogP) is 5.35. The van der Waals surface area contributed by atoms with Crippen molar-refractivity contribution in [1.29, 1.82) is 0 Å². The highest BCUT2D eigenvalue weighted by Crippen LogP contribution is 2.19. The Bertz CT molecular complexity index is 1100. The molecule has 4 rings (SSSR count). The van der Waals surface area contributed by atoms with Gasteiger partial charge in [-0.2, -0.15) is 0 Å². The first-order valence-electron chi connectivity index (χ1n) is 9.83. The summed E-state index contributed by atoms with van der Waals surface area (Å²) in [5, 5.41) is 2.91. The lowest BCUT2D eigenvalue weighted by atomic mass is 10.2. The second-order valence-electron chi connectivity index (χ2n) is 7.05. The molecule has 5 heteroatoms. The van der Waals surface area contributed by atoms with Gasteiger partial charge in [0.25, 0.3) is 5.91 Å². The molecule has 0 saturated heterocycles. The van der Waals surface area contributed by atoms with Crippen molar-refractivity contribution in [3.8, 4) is 11.4 Å². The van der Waals surface area contributed by atoms with Crippen LogP contribution >= 0.6 is 0 Å². The van der Waals surface area contributed by atoms with Crippen LogP contribution < -0.4 is 5.32 Å². The molecule has 3 aromatic carbocycles. The Kier molecular flexibility index (Phi) is 6.01. The van der Waals surface area contributed by atoms with E-state index in [9.17, 15) is 4.79 Å². The summed E-state index contributed by atoms with van der Waals surface area (Å²) in [5.74, 6) is 0.447. The summed E-state index contributed by atoms with van der Waals surface area (Å²) in [6, 6.07) is 27.5. The lowest BCUT2D eigenvalue weighted by Gasteiger charge is -2.07. The van der Waals surface area contributed by atoms with E-state index in [-0.39, 0.29) is 5.91 Å². The SMILES string of the molecule is Cc1[nH]c(-c2ccccc2)nc1C(=O)Nc1ccc(COCc2ccccc2)cc1. The van der Waals surface area contributed by atoms with Crippen LogP contribution in [-0.2, 0) is 18.0 Å². The van der Waals surface area contributed by atoms with E-state index in [1.165, 1.54) is 0 Å². The molecule has 1 amide bonds. The Labute approximate surface area is 175 Å². The zero-order chi connectivity index (χ0) is 20.8. The maximum absolute atomic E-state index is 12.7. The average Bonchev–Trinajstić information content (AvgIpc) is 3.18. The van der Waals surface area contributed by atoms with Crippen molar-refractivity contribution in [2.45, 2.75) is 20.1 Å². The number of carbonyl (C=O) groups excluding carboxylic acids is 1. The van der Waals surface area contributed by atoms with Crippen LogP contribution in [0, 0.1) is 6.92 Å². The fraction of sp³-hybridized carbons (Fsp3) is 0.120. The van der Waals surface area contributed by atoms with E-state index in [1.54, 1.807) is 0 Å². The van der Waals surface area contributed by atoms with Gasteiger partial charge in [-0.15, -0.1) is 0 Å². The van der Waals surface area contributed by atoms with Gasteiger partial charge in [0.1, 0.15) is 11.5 Å². The Morgan fingerprint density at radius 1 is 0.867 bits per heavy atom. The fourth-order valence-corrected chi connectivity index (χ4v) is 3.15. The van der Waals surface area contributed by atoms with Crippen molar-refractivity contribution in [1.82, 2.24) is 9.97 Å².